The van der Waals surface area contributed by atoms with Crippen molar-refractivity contribution in [2.75, 3.05) is 6.54 Å². The second-order valence-electron chi connectivity index (χ2n) is 10.7. The predicted octanol–water partition coefficient (Wildman–Crippen LogP) is 7.51. The summed E-state index contributed by atoms with van der Waals surface area (Å²) in [6, 6.07) is 26.4. The van der Waals surface area contributed by atoms with Crippen molar-refractivity contribution >= 4 is 10.0 Å². The lowest BCUT2D eigenvalue weighted by atomic mass is 9.86. The molecule has 3 aromatic rings. The van der Waals surface area contributed by atoms with Crippen LogP contribution in [0.25, 0.3) is 0 Å². The first-order valence-electron chi connectivity index (χ1n) is 14.0. The molecule has 3 aromatic carbocycles. The highest BCUT2D eigenvalue weighted by atomic mass is 32.2. The number of nitrogens with one attached hydrogen (secondary N) is 2. The Morgan fingerprint density at radius 3 is 2.00 bits per heavy atom. The molecule has 202 valence electrons. The summed E-state index contributed by atoms with van der Waals surface area (Å²) in [7, 11) is -3.73. The average molecular weight is 531 g/mol. The van der Waals surface area contributed by atoms with Crippen LogP contribution in [0.3, 0.4) is 0 Å². The van der Waals surface area contributed by atoms with Crippen molar-refractivity contribution in [1.82, 2.24) is 10.0 Å². The predicted molar refractivity (Wildman–Crippen MR) is 157 cm³/mol. The van der Waals surface area contributed by atoms with Crippen molar-refractivity contribution in [1.29, 1.82) is 0 Å². The van der Waals surface area contributed by atoms with Gasteiger partial charge in [-0.2, -0.15) is 0 Å². The number of hydrogen-bond acceptors (Lipinski definition) is 3. The summed E-state index contributed by atoms with van der Waals surface area (Å²) < 4.78 is 30.1. The molecule has 2 N–H and O–H groups in total. The minimum atomic E-state index is -3.73. The lowest BCUT2D eigenvalue weighted by Gasteiger charge is -2.30. The topological polar surface area (TPSA) is 58.2 Å². The molecule has 0 saturated carbocycles. The lowest BCUT2D eigenvalue weighted by molar-refractivity contribution is 0.406. The zero-order chi connectivity index (χ0) is 26.8. The van der Waals surface area contributed by atoms with Gasteiger partial charge >= 0.3 is 0 Å². The molecular formula is C33H42N2O2S. The third kappa shape index (κ3) is 8.13. The fourth-order valence-corrected chi connectivity index (χ4v) is 6.49. The fraction of sp³-hybridized carbons (Fsp3) is 0.394. The summed E-state index contributed by atoms with van der Waals surface area (Å²) >= 11 is 0. The number of unbranched alkanes of at least 4 members (excludes halogenated alkanes) is 2. The number of hydrogen-bond donors (Lipinski definition) is 2. The van der Waals surface area contributed by atoms with E-state index in [0.717, 1.165) is 41.5 Å². The van der Waals surface area contributed by atoms with Gasteiger partial charge in [-0.15, -0.1) is 0 Å². The van der Waals surface area contributed by atoms with E-state index < -0.39 is 16.1 Å². The summed E-state index contributed by atoms with van der Waals surface area (Å²) in [6.07, 6.45) is 12.1. The van der Waals surface area contributed by atoms with Gasteiger partial charge in [0.15, 0.2) is 0 Å². The van der Waals surface area contributed by atoms with Crippen molar-refractivity contribution in [3.8, 4) is 0 Å². The molecule has 0 saturated heterocycles. The van der Waals surface area contributed by atoms with Crippen LogP contribution in [-0.4, -0.2) is 15.0 Å². The number of allylic oxidation sites excluding steroid dienone is 2. The molecular weight excluding hydrogens is 488 g/mol. The molecule has 0 radical (unpaired) electrons. The molecule has 4 atom stereocenters. The van der Waals surface area contributed by atoms with E-state index in [-0.39, 0.29) is 10.9 Å². The van der Waals surface area contributed by atoms with Crippen LogP contribution >= 0.6 is 0 Å². The standard InChI is InChI=1S/C33H42N2O2S/c1-26-17-21-28(22-18-26)12-6-5-11-25-34-32(29-13-7-3-8-14-29)33(30-15-9-4-10-16-30)35-38(36,37)31-23-19-27(2)20-24-31/h3-4,7-10,13-17,19-21,23-24,26,28,32-35H,5-6,11-12,18,22,25H2,1-2H3/t26-,28+,32+,33+/m0/s1. The first kappa shape index (κ1) is 28.3. The summed E-state index contributed by atoms with van der Waals surface area (Å²) in [5.74, 6) is 1.46. The third-order valence-electron chi connectivity index (χ3n) is 7.58. The molecule has 38 heavy (non-hydrogen) atoms. The first-order chi connectivity index (χ1) is 18.4. The largest absolute Gasteiger partial charge is 0.308 e. The normalized spacial score (nSPS) is 19.2. The summed E-state index contributed by atoms with van der Waals surface area (Å²) in [5, 5.41) is 3.72. The molecule has 1 aliphatic carbocycles. The lowest BCUT2D eigenvalue weighted by Crippen LogP contribution is -2.39. The molecule has 4 rings (SSSR count). The Balaban J connectivity index is 1.47. The highest BCUT2D eigenvalue weighted by Gasteiger charge is 2.29. The first-order valence-corrected chi connectivity index (χ1v) is 15.5. The Morgan fingerprint density at radius 2 is 1.39 bits per heavy atom. The van der Waals surface area contributed by atoms with E-state index in [0.29, 0.717) is 0 Å². The van der Waals surface area contributed by atoms with E-state index in [1.807, 2.05) is 67.6 Å². The van der Waals surface area contributed by atoms with Gasteiger partial charge in [0, 0.05) is 0 Å². The molecule has 0 aromatic heterocycles. The van der Waals surface area contributed by atoms with Gasteiger partial charge in [0.2, 0.25) is 10.0 Å². The van der Waals surface area contributed by atoms with Crippen LogP contribution in [0.1, 0.15) is 74.2 Å². The number of aryl methyl sites for hydroxylation is 1. The maximum atomic E-state index is 13.5. The monoisotopic (exact) mass is 530 g/mol. The smallest absolute Gasteiger partial charge is 0.241 e. The van der Waals surface area contributed by atoms with E-state index in [2.05, 4.69) is 41.2 Å². The van der Waals surface area contributed by atoms with E-state index in [1.54, 1.807) is 12.1 Å². The fourth-order valence-electron chi connectivity index (χ4n) is 5.25. The molecule has 0 heterocycles. The van der Waals surface area contributed by atoms with Gasteiger partial charge in [0.05, 0.1) is 17.0 Å². The van der Waals surface area contributed by atoms with Gasteiger partial charge in [-0.1, -0.05) is 110 Å². The van der Waals surface area contributed by atoms with Gasteiger partial charge in [0.1, 0.15) is 0 Å². The Bertz CT molecular complexity index is 1240. The highest BCUT2D eigenvalue weighted by molar-refractivity contribution is 7.89. The molecule has 0 bridgehead atoms. The van der Waals surface area contributed by atoms with Crippen LogP contribution in [0.15, 0.2) is 102 Å². The van der Waals surface area contributed by atoms with Crippen LogP contribution in [0.4, 0.5) is 0 Å². The van der Waals surface area contributed by atoms with Crippen molar-refractivity contribution < 1.29 is 8.42 Å². The quantitative estimate of drug-likeness (QED) is 0.178. The van der Waals surface area contributed by atoms with Crippen molar-refractivity contribution in [3.05, 3.63) is 114 Å². The molecule has 0 spiro atoms. The second kappa shape index (κ2) is 13.9. The van der Waals surface area contributed by atoms with Crippen molar-refractivity contribution in [3.63, 3.8) is 0 Å². The van der Waals surface area contributed by atoms with Gasteiger partial charge in [-0.05, 0) is 74.2 Å². The maximum absolute atomic E-state index is 13.5. The molecule has 0 aliphatic heterocycles. The summed E-state index contributed by atoms with van der Waals surface area (Å²) in [5.41, 5.74) is 3.03. The van der Waals surface area contributed by atoms with Gasteiger partial charge in [-0.25, -0.2) is 13.1 Å². The molecule has 5 heteroatoms. The Morgan fingerprint density at radius 1 is 0.763 bits per heavy atom. The molecule has 1 aliphatic rings. The molecule has 0 fully saturated rings. The minimum Gasteiger partial charge on any atom is -0.308 e. The number of sulfonamides is 1. The Hall–Kier alpha value is -2.73. The van der Waals surface area contributed by atoms with Gasteiger partial charge < -0.3 is 5.32 Å². The van der Waals surface area contributed by atoms with Gasteiger partial charge in [0.25, 0.3) is 0 Å². The summed E-state index contributed by atoms with van der Waals surface area (Å²) in [4.78, 5) is 0.280. The zero-order valence-corrected chi connectivity index (χ0v) is 23.5. The highest BCUT2D eigenvalue weighted by Crippen LogP contribution is 2.31. The zero-order valence-electron chi connectivity index (χ0n) is 22.7. The summed E-state index contributed by atoms with van der Waals surface area (Å²) in [6.45, 7) is 5.08. The molecule has 0 unspecified atom stereocenters. The van der Waals surface area contributed by atoms with Crippen molar-refractivity contribution in [2.45, 2.75) is 69.4 Å². The number of benzene rings is 3. The van der Waals surface area contributed by atoms with E-state index in [4.69, 9.17) is 0 Å². The van der Waals surface area contributed by atoms with E-state index >= 15 is 0 Å². The third-order valence-corrected chi connectivity index (χ3v) is 9.04. The minimum absolute atomic E-state index is 0.207. The van der Waals surface area contributed by atoms with Crippen LogP contribution < -0.4 is 10.0 Å². The van der Waals surface area contributed by atoms with Gasteiger partial charge in [-0.3, -0.25) is 0 Å². The van der Waals surface area contributed by atoms with Crippen LogP contribution in [0, 0.1) is 18.8 Å². The van der Waals surface area contributed by atoms with Crippen LogP contribution in [-0.2, 0) is 10.0 Å². The van der Waals surface area contributed by atoms with Crippen LogP contribution in [0.2, 0.25) is 0 Å². The second-order valence-corrected chi connectivity index (χ2v) is 12.4. The SMILES string of the molecule is Cc1ccc(S(=O)(=O)N[C@H](c2ccccc2)[C@H](NCCCCC[C@@H]2C=C[C@H](C)CC2)c2ccccc2)cc1. The average Bonchev–Trinajstić information content (AvgIpc) is 2.94. The van der Waals surface area contributed by atoms with E-state index in [9.17, 15) is 8.42 Å². The maximum Gasteiger partial charge on any atom is 0.241 e. The Labute approximate surface area is 229 Å². The van der Waals surface area contributed by atoms with Crippen LogP contribution in [0.5, 0.6) is 0 Å². The Kier molecular flexibility index (Phi) is 10.3. The molecule has 4 nitrogen and oxygen atoms in total. The van der Waals surface area contributed by atoms with E-state index in [1.165, 1.54) is 32.1 Å². The van der Waals surface area contributed by atoms with Crippen molar-refractivity contribution in [2.24, 2.45) is 11.8 Å². The molecule has 0 amide bonds. The number of rotatable bonds is 13.